The number of rotatable bonds is 6. The quantitative estimate of drug-likeness (QED) is 0.473. The fourth-order valence-electron chi connectivity index (χ4n) is 2.78. The van der Waals surface area contributed by atoms with Crippen molar-refractivity contribution < 1.29 is 0 Å². The first kappa shape index (κ1) is 17.5. The van der Waals surface area contributed by atoms with Gasteiger partial charge in [-0.3, -0.25) is 9.78 Å². The van der Waals surface area contributed by atoms with E-state index in [1.165, 1.54) is 0 Å². The second kappa shape index (κ2) is 8.18. The zero-order valence-electron chi connectivity index (χ0n) is 15.1. The molecule has 0 amide bonds. The van der Waals surface area contributed by atoms with Crippen molar-refractivity contribution in [1.82, 2.24) is 15.2 Å². The molecule has 0 saturated carbocycles. The Balaban J connectivity index is 1.42. The van der Waals surface area contributed by atoms with Gasteiger partial charge in [-0.15, -0.1) is 10.2 Å². The van der Waals surface area contributed by atoms with E-state index in [9.17, 15) is 4.79 Å². The summed E-state index contributed by atoms with van der Waals surface area (Å²) in [6.07, 6.45) is 0.448. The summed E-state index contributed by atoms with van der Waals surface area (Å²) in [5.41, 5.74) is 3.95. The number of anilines is 4. The molecule has 0 aliphatic rings. The standard InChI is InChI=1S/C22H19N5O/c28-21-20(15-16-7-3-1-4-8-16)26-27-22(25-21)24-19-13-11-18(12-14-19)23-17-9-5-2-6-10-17/h1-14,23H,15H2,(H2,24,25,27,28). The fourth-order valence-corrected chi connectivity index (χ4v) is 2.78. The molecule has 0 bridgehead atoms. The maximum Gasteiger partial charge on any atom is 0.274 e. The summed E-state index contributed by atoms with van der Waals surface area (Å²) >= 11 is 0. The van der Waals surface area contributed by atoms with Gasteiger partial charge >= 0.3 is 0 Å². The lowest BCUT2D eigenvalue weighted by Crippen LogP contribution is -2.18. The maximum absolute atomic E-state index is 12.3. The van der Waals surface area contributed by atoms with Crippen LogP contribution in [0, 0.1) is 0 Å². The van der Waals surface area contributed by atoms with Crippen LogP contribution in [0.1, 0.15) is 11.3 Å². The number of nitrogens with zero attached hydrogens (tertiary/aromatic N) is 2. The molecule has 4 rings (SSSR count). The lowest BCUT2D eigenvalue weighted by atomic mass is 10.1. The Morgan fingerprint density at radius 2 is 1.25 bits per heavy atom. The number of benzene rings is 3. The van der Waals surface area contributed by atoms with Gasteiger partial charge in [0.25, 0.3) is 5.56 Å². The highest BCUT2D eigenvalue weighted by molar-refractivity contribution is 5.63. The van der Waals surface area contributed by atoms with Crippen molar-refractivity contribution in [2.24, 2.45) is 0 Å². The van der Waals surface area contributed by atoms with Crippen molar-refractivity contribution in [2.75, 3.05) is 10.6 Å². The van der Waals surface area contributed by atoms with Gasteiger partial charge in [0.15, 0.2) is 0 Å². The normalized spacial score (nSPS) is 10.4. The first-order valence-corrected chi connectivity index (χ1v) is 8.95. The van der Waals surface area contributed by atoms with Crippen molar-refractivity contribution in [3.05, 3.63) is 107 Å². The summed E-state index contributed by atoms with van der Waals surface area (Å²) in [6, 6.07) is 27.4. The van der Waals surface area contributed by atoms with Gasteiger partial charge in [-0.1, -0.05) is 48.5 Å². The Morgan fingerprint density at radius 3 is 1.89 bits per heavy atom. The van der Waals surface area contributed by atoms with Crippen LogP contribution in [0.25, 0.3) is 0 Å². The number of aromatic amines is 1. The lowest BCUT2D eigenvalue weighted by molar-refractivity contribution is 0.874. The molecule has 0 atom stereocenters. The van der Waals surface area contributed by atoms with Crippen LogP contribution in [0.2, 0.25) is 0 Å². The zero-order valence-corrected chi connectivity index (χ0v) is 15.1. The van der Waals surface area contributed by atoms with Gasteiger partial charge < -0.3 is 10.6 Å². The predicted molar refractivity (Wildman–Crippen MR) is 111 cm³/mol. The van der Waals surface area contributed by atoms with Gasteiger partial charge in [-0.2, -0.15) is 0 Å². The summed E-state index contributed by atoms with van der Waals surface area (Å²) in [5.74, 6) is 0.311. The molecule has 3 aromatic carbocycles. The number of para-hydroxylation sites is 1. The first-order chi connectivity index (χ1) is 13.8. The molecule has 0 spiro atoms. The van der Waals surface area contributed by atoms with E-state index in [1.54, 1.807) is 0 Å². The molecule has 6 heteroatoms. The Kier molecular flexibility index (Phi) is 5.11. The summed E-state index contributed by atoms with van der Waals surface area (Å²) in [4.78, 5) is 15.0. The highest BCUT2D eigenvalue weighted by atomic mass is 16.1. The van der Waals surface area contributed by atoms with Gasteiger partial charge in [0.05, 0.1) is 0 Å². The Labute approximate surface area is 162 Å². The van der Waals surface area contributed by atoms with Crippen LogP contribution in [0.3, 0.4) is 0 Å². The average Bonchev–Trinajstić information content (AvgIpc) is 2.73. The predicted octanol–water partition coefficient (Wildman–Crippen LogP) is 4.24. The Bertz CT molecular complexity index is 1090. The smallest absolute Gasteiger partial charge is 0.274 e. The van der Waals surface area contributed by atoms with E-state index < -0.39 is 0 Å². The van der Waals surface area contributed by atoms with E-state index >= 15 is 0 Å². The molecule has 4 aromatic rings. The largest absolute Gasteiger partial charge is 0.356 e. The Hall–Kier alpha value is -3.93. The highest BCUT2D eigenvalue weighted by Gasteiger charge is 2.06. The van der Waals surface area contributed by atoms with E-state index in [2.05, 4.69) is 25.8 Å². The minimum atomic E-state index is -0.247. The summed E-state index contributed by atoms with van der Waals surface area (Å²) in [7, 11) is 0. The van der Waals surface area contributed by atoms with Gasteiger partial charge in [0.2, 0.25) is 5.95 Å². The second-order valence-corrected chi connectivity index (χ2v) is 6.31. The summed E-state index contributed by atoms with van der Waals surface area (Å²) in [5, 5.41) is 14.6. The van der Waals surface area contributed by atoms with E-state index in [0.717, 1.165) is 22.6 Å². The number of nitrogens with one attached hydrogen (secondary N) is 3. The molecule has 0 radical (unpaired) electrons. The van der Waals surface area contributed by atoms with Crippen LogP contribution >= 0.6 is 0 Å². The van der Waals surface area contributed by atoms with Gasteiger partial charge in [0.1, 0.15) is 5.69 Å². The van der Waals surface area contributed by atoms with Crippen LogP contribution in [-0.4, -0.2) is 15.2 Å². The maximum atomic E-state index is 12.3. The third-order valence-corrected chi connectivity index (χ3v) is 4.19. The molecule has 1 aromatic heterocycles. The SMILES string of the molecule is O=c1[nH]c(Nc2ccc(Nc3ccccc3)cc2)nnc1Cc1ccccc1. The summed E-state index contributed by atoms with van der Waals surface area (Å²) in [6.45, 7) is 0. The van der Waals surface area contributed by atoms with Crippen molar-refractivity contribution in [2.45, 2.75) is 6.42 Å². The molecule has 138 valence electrons. The molecule has 6 nitrogen and oxygen atoms in total. The topological polar surface area (TPSA) is 82.7 Å². The van der Waals surface area contributed by atoms with Crippen LogP contribution in [0.15, 0.2) is 89.7 Å². The molecular weight excluding hydrogens is 350 g/mol. The average molecular weight is 369 g/mol. The van der Waals surface area contributed by atoms with Crippen molar-refractivity contribution >= 4 is 23.0 Å². The lowest BCUT2D eigenvalue weighted by Gasteiger charge is -2.09. The highest BCUT2D eigenvalue weighted by Crippen LogP contribution is 2.19. The number of hydrogen-bond donors (Lipinski definition) is 3. The molecule has 28 heavy (non-hydrogen) atoms. The molecular formula is C22H19N5O. The minimum Gasteiger partial charge on any atom is -0.356 e. The molecule has 0 unspecified atom stereocenters. The van der Waals surface area contributed by atoms with E-state index in [0.29, 0.717) is 18.1 Å². The van der Waals surface area contributed by atoms with E-state index in [4.69, 9.17) is 0 Å². The first-order valence-electron chi connectivity index (χ1n) is 8.95. The van der Waals surface area contributed by atoms with Crippen LogP contribution in [0.5, 0.6) is 0 Å². The van der Waals surface area contributed by atoms with E-state index in [-0.39, 0.29) is 5.56 Å². The Morgan fingerprint density at radius 1 is 0.679 bits per heavy atom. The molecule has 0 aliphatic heterocycles. The number of hydrogen-bond acceptors (Lipinski definition) is 5. The molecule has 0 saturated heterocycles. The molecule has 0 aliphatic carbocycles. The zero-order chi connectivity index (χ0) is 19.2. The van der Waals surface area contributed by atoms with E-state index in [1.807, 2.05) is 84.9 Å². The van der Waals surface area contributed by atoms with Crippen molar-refractivity contribution in [1.29, 1.82) is 0 Å². The molecule has 0 fully saturated rings. The molecule has 3 N–H and O–H groups in total. The number of H-pyrrole nitrogens is 1. The van der Waals surface area contributed by atoms with Gasteiger partial charge in [-0.05, 0) is 42.0 Å². The van der Waals surface area contributed by atoms with Crippen LogP contribution in [-0.2, 0) is 6.42 Å². The fraction of sp³-hybridized carbons (Fsp3) is 0.0455. The van der Waals surface area contributed by atoms with Gasteiger partial charge in [0, 0.05) is 23.5 Å². The third-order valence-electron chi connectivity index (χ3n) is 4.19. The van der Waals surface area contributed by atoms with Gasteiger partial charge in [-0.25, -0.2) is 0 Å². The van der Waals surface area contributed by atoms with Crippen LogP contribution < -0.4 is 16.2 Å². The molecule has 1 heterocycles. The minimum absolute atomic E-state index is 0.247. The summed E-state index contributed by atoms with van der Waals surface area (Å²) < 4.78 is 0. The van der Waals surface area contributed by atoms with Crippen molar-refractivity contribution in [3.8, 4) is 0 Å². The monoisotopic (exact) mass is 369 g/mol. The number of aromatic nitrogens is 3. The van der Waals surface area contributed by atoms with Crippen molar-refractivity contribution in [3.63, 3.8) is 0 Å². The van der Waals surface area contributed by atoms with Crippen LogP contribution in [0.4, 0.5) is 23.0 Å². The second-order valence-electron chi connectivity index (χ2n) is 6.31. The third kappa shape index (κ3) is 4.42.